The van der Waals surface area contributed by atoms with Crippen LogP contribution in [0, 0.1) is 11.3 Å². The molecule has 0 aliphatic rings. The van der Waals surface area contributed by atoms with Crippen molar-refractivity contribution >= 4 is 23.1 Å². The third kappa shape index (κ3) is 4.91. The van der Waals surface area contributed by atoms with Gasteiger partial charge in [0.25, 0.3) is 5.91 Å². The molecule has 0 aliphatic carbocycles. The molecule has 0 fully saturated rings. The van der Waals surface area contributed by atoms with E-state index in [1.54, 1.807) is 54.6 Å². The van der Waals surface area contributed by atoms with E-state index in [9.17, 15) is 4.79 Å². The SMILES string of the molecule is CN(c1ccccc1)c1cccc(C(=O)Nc2ccc(Oc3ccc(C#N)cc3)cc2)n1. The highest BCUT2D eigenvalue weighted by Crippen LogP contribution is 2.24. The number of hydrogen-bond donors (Lipinski definition) is 1. The van der Waals surface area contributed by atoms with Crippen molar-refractivity contribution in [2.75, 3.05) is 17.3 Å². The van der Waals surface area contributed by atoms with Gasteiger partial charge in [-0.2, -0.15) is 5.26 Å². The first-order valence-corrected chi connectivity index (χ1v) is 9.98. The molecule has 0 spiro atoms. The Bertz CT molecular complexity index is 1250. The van der Waals surface area contributed by atoms with Gasteiger partial charge in [0.2, 0.25) is 0 Å². The predicted molar refractivity (Wildman–Crippen MR) is 124 cm³/mol. The van der Waals surface area contributed by atoms with Gasteiger partial charge < -0.3 is 15.0 Å². The second-order valence-corrected chi connectivity index (χ2v) is 6.99. The Morgan fingerprint density at radius 1 is 0.875 bits per heavy atom. The fourth-order valence-electron chi connectivity index (χ4n) is 3.06. The number of benzene rings is 3. The molecule has 0 atom stereocenters. The van der Waals surface area contributed by atoms with Crippen molar-refractivity contribution in [1.82, 2.24) is 4.98 Å². The van der Waals surface area contributed by atoms with Gasteiger partial charge in [0.1, 0.15) is 23.0 Å². The summed E-state index contributed by atoms with van der Waals surface area (Å²) in [7, 11) is 1.91. The van der Waals surface area contributed by atoms with E-state index in [0.717, 1.165) is 5.69 Å². The number of carbonyl (C=O) groups is 1. The monoisotopic (exact) mass is 420 g/mol. The summed E-state index contributed by atoms with van der Waals surface area (Å²) in [4.78, 5) is 19.1. The van der Waals surface area contributed by atoms with Crippen molar-refractivity contribution in [2.24, 2.45) is 0 Å². The zero-order chi connectivity index (χ0) is 22.3. The van der Waals surface area contributed by atoms with Crippen LogP contribution in [0.15, 0.2) is 97.1 Å². The Kier molecular flexibility index (Phi) is 6.10. The molecule has 0 bridgehead atoms. The normalized spacial score (nSPS) is 10.1. The zero-order valence-electron chi connectivity index (χ0n) is 17.4. The van der Waals surface area contributed by atoms with Crippen LogP contribution in [0.1, 0.15) is 16.1 Å². The Morgan fingerprint density at radius 2 is 1.53 bits per heavy atom. The zero-order valence-corrected chi connectivity index (χ0v) is 17.4. The standard InChI is InChI=1S/C26H20N4O2/c1-30(21-6-3-2-4-7-21)25-9-5-8-24(29-25)26(31)28-20-12-16-23(17-13-20)32-22-14-10-19(18-27)11-15-22/h2-17H,1H3,(H,28,31). The van der Waals surface area contributed by atoms with Crippen LogP contribution in [0.2, 0.25) is 0 Å². The molecule has 4 aromatic rings. The van der Waals surface area contributed by atoms with Crippen LogP contribution in [-0.4, -0.2) is 17.9 Å². The van der Waals surface area contributed by atoms with E-state index < -0.39 is 0 Å². The molecule has 0 aliphatic heterocycles. The lowest BCUT2D eigenvalue weighted by atomic mass is 10.2. The number of anilines is 3. The molecule has 3 aromatic carbocycles. The maximum Gasteiger partial charge on any atom is 0.274 e. The summed E-state index contributed by atoms with van der Waals surface area (Å²) in [6.07, 6.45) is 0. The molecule has 4 rings (SSSR count). The summed E-state index contributed by atoms with van der Waals surface area (Å²) in [6, 6.07) is 31.2. The van der Waals surface area contributed by atoms with Crippen molar-refractivity contribution in [3.8, 4) is 17.6 Å². The van der Waals surface area contributed by atoms with E-state index in [0.29, 0.717) is 34.3 Å². The molecule has 0 saturated heterocycles. The van der Waals surface area contributed by atoms with E-state index in [2.05, 4.69) is 16.4 Å². The third-order valence-electron chi connectivity index (χ3n) is 4.79. The average molecular weight is 420 g/mol. The molecule has 0 unspecified atom stereocenters. The van der Waals surface area contributed by atoms with E-state index in [4.69, 9.17) is 10.00 Å². The number of hydrogen-bond acceptors (Lipinski definition) is 5. The molecule has 1 N–H and O–H groups in total. The average Bonchev–Trinajstić information content (AvgIpc) is 2.86. The topological polar surface area (TPSA) is 78.3 Å². The fourth-order valence-corrected chi connectivity index (χ4v) is 3.06. The lowest BCUT2D eigenvalue weighted by Gasteiger charge is -2.18. The number of ether oxygens (including phenoxy) is 1. The van der Waals surface area contributed by atoms with Gasteiger partial charge in [-0.1, -0.05) is 24.3 Å². The van der Waals surface area contributed by atoms with Gasteiger partial charge in [0.15, 0.2) is 0 Å². The van der Waals surface area contributed by atoms with Gasteiger partial charge in [-0.3, -0.25) is 4.79 Å². The quantitative estimate of drug-likeness (QED) is 0.429. The maximum absolute atomic E-state index is 12.7. The van der Waals surface area contributed by atoms with Crippen LogP contribution >= 0.6 is 0 Å². The molecule has 6 nitrogen and oxygen atoms in total. The van der Waals surface area contributed by atoms with Crippen molar-refractivity contribution in [3.63, 3.8) is 0 Å². The smallest absolute Gasteiger partial charge is 0.274 e. The van der Waals surface area contributed by atoms with Crippen LogP contribution in [0.3, 0.4) is 0 Å². The second-order valence-electron chi connectivity index (χ2n) is 6.99. The van der Waals surface area contributed by atoms with E-state index in [-0.39, 0.29) is 5.91 Å². The highest BCUT2D eigenvalue weighted by atomic mass is 16.5. The fraction of sp³-hybridized carbons (Fsp3) is 0.0385. The number of carbonyl (C=O) groups excluding carboxylic acids is 1. The summed E-state index contributed by atoms with van der Waals surface area (Å²) >= 11 is 0. The molecule has 1 aromatic heterocycles. The van der Waals surface area contributed by atoms with E-state index in [1.165, 1.54) is 0 Å². The Morgan fingerprint density at radius 3 is 2.19 bits per heavy atom. The van der Waals surface area contributed by atoms with Crippen LogP contribution in [0.5, 0.6) is 11.5 Å². The number of amides is 1. The minimum atomic E-state index is -0.297. The maximum atomic E-state index is 12.7. The Balaban J connectivity index is 1.42. The number of nitriles is 1. The van der Waals surface area contributed by atoms with Gasteiger partial charge in [0.05, 0.1) is 11.6 Å². The van der Waals surface area contributed by atoms with E-state index >= 15 is 0 Å². The molecule has 32 heavy (non-hydrogen) atoms. The van der Waals surface area contributed by atoms with Crippen LogP contribution in [0.25, 0.3) is 0 Å². The lowest BCUT2D eigenvalue weighted by Crippen LogP contribution is -2.17. The van der Waals surface area contributed by atoms with Crippen molar-refractivity contribution in [2.45, 2.75) is 0 Å². The molecule has 1 heterocycles. The molecule has 1 amide bonds. The van der Waals surface area contributed by atoms with Gasteiger partial charge in [-0.15, -0.1) is 0 Å². The third-order valence-corrected chi connectivity index (χ3v) is 4.79. The molecular weight excluding hydrogens is 400 g/mol. The van der Waals surface area contributed by atoms with E-state index in [1.807, 2.05) is 54.4 Å². The Labute approximate surface area is 186 Å². The first-order chi connectivity index (χ1) is 15.6. The van der Waals surface area contributed by atoms with Crippen molar-refractivity contribution in [3.05, 3.63) is 108 Å². The van der Waals surface area contributed by atoms with Gasteiger partial charge in [-0.25, -0.2) is 4.98 Å². The Hall–Kier alpha value is -4.63. The molecule has 6 heteroatoms. The minimum Gasteiger partial charge on any atom is -0.457 e. The van der Waals surface area contributed by atoms with Crippen LogP contribution in [-0.2, 0) is 0 Å². The minimum absolute atomic E-state index is 0.297. The molecular formula is C26H20N4O2. The summed E-state index contributed by atoms with van der Waals surface area (Å²) in [6.45, 7) is 0. The van der Waals surface area contributed by atoms with Crippen molar-refractivity contribution in [1.29, 1.82) is 5.26 Å². The number of rotatable bonds is 6. The first kappa shape index (κ1) is 20.6. The van der Waals surface area contributed by atoms with Crippen LogP contribution in [0.4, 0.5) is 17.2 Å². The molecule has 0 saturated carbocycles. The number of para-hydroxylation sites is 1. The summed E-state index contributed by atoms with van der Waals surface area (Å²) in [5, 5.41) is 11.7. The number of aromatic nitrogens is 1. The van der Waals surface area contributed by atoms with Crippen molar-refractivity contribution < 1.29 is 9.53 Å². The summed E-state index contributed by atoms with van der Waals surface area (Å²) < 4.78 is 5.77. The predicted octanol–water partition coefficient (Wildman–Crippen LogP) is 5.77. The van der Waals surface area contributed by atoms with Gasteiger partial charge in [0, 0.05) is 18.4 Å². The molecule has 156 valence electrons. The second kappa shape index (κ2) is 9.45. The highest BCUT2D eigenvalue weighted by molar-refractivity contribution is 6.03. The number of pyridine rings is 1. The number of nitrogens with zero attached hydrogens (tertiary/aromatic N) is 3. The summed E-state index contributed by atoms with van der Waals surface area (Å²) in [5.74, 6) is 1.63. The highest BCUT2D eigenvalue weighted by Gasteiger charge is 2.11. The number of nitrogens with one attached hydrogen (secondary N) is 1. The lowest BCUT2D eigenvalue weighted by molar-refractivity contribution is 0.102. The van der Waals surface area contributed by atoms with Gasteiger partial charge in [-0.05, 0) is 72.8 Å². The van der Waals surface area contributed by atoms with Crippen LogP contribution < -0.4 is 15.0 Å². The first-order valence-electron chi connectivity index (χ1n) is 9.98. The van der Waals surface area contributed by atoms with Gasteiger partial charge >= 0.3 is 0 Å². The molecule has 0 radical (unpaired) electrons. The largest absolute Gasteiger partial charge is 0.457 e. The summed E-state index contributed by atoms with van der Waals surface area (Å²) in [5.41, 5.74) is 2.51.